The van der Waals surface area contributed by atoms with Gasteiger partial charge in [-0.05, 0) is 19.8 Å². The Labute approximate surface area is 84.5 Å². The van der Waals surface area contributed by atoms with Gasteiger partial charge in [0.05, 0.1) is 0 Å². The first-order valence-corrected chi connectivity index (χ1v) is 4.98. The Morgan fingerprint density at radius 3 is 2.43 bits per heavy atom. The van der Waals surface area contributed by atoms with Crippen molar-refractivity contribution < 1.29 is 19.4 Å². The minimum atomic E-state index is -0.608. The van der Waals surface area contributed by atoms with Crippen LogP contribution in [-0.4, -0.2) is 17.9 Å². The summed E-state index contributed by atoms with van der Waals surface area (Å²) in [5, 5.41) is 0. The molecule has 0 aromatic heterocycles. The van der Waals surface area contributed by atoms with Crippen LogP contribution in [0.3, 0.4) is 0 Å². The lowest BCUT2D eigenvalue weighted by Crippen LogP contribution is -2.15. The summed E-state index contributed by atoms with van der Waals surface area (Å²) in [6.07, 6.45) is 1.61. The molecule has 0 N–H and O–H groups in total. The molecule has 0 aliphatic heterocycles. The third-order valence-electron chi connectivity index (χ3n) is 1.75. The number of hydrogen-bond donors (Lipinski definition) is 0. The quantitative estimate of drug-likeness (QED) is 0.360. The van der Waals surface area contributed by atoms with E-state index in [9.17, 15) is 9.59 Å². The van der Waals surface area contributed by atoms with Gasteiger partial charge in [0.25, 0.3) is 0 Å². The molecule has 0 saturated heterocycles. The van der Waals surface area contributed by atoms with Crippen LogP contribution in [0.1, 0.15) is 46.5 Å². The molecule has 14 heavy (non-hydrogen) atoms. The minimum Gasteiger partial charge on any atom is -0.299 e. The Balaban J connectivity index is 3.60. The fourth-order valence-electron chi connectivity index (χ4n) is 0.762. The van der Waals surface area contributed by atoms with Crippen LogP contribution in [0.15, 0.2) is 0 Å². The zero-order valence-electron chi connectivity index (χ0n) is 9.04. The second-order valence-corrected chi connectivity index (χ2v) is 3.24. The highest BCUT2D eigenvalue weighted by Gasteiger charge is 2.12. The van der Waals surface area contributed by atoms with Gasteiger partial charge in [-0.1, -0.05) is 13.8 Å². The average Bonchev–Trinajstić information content (AvgIpc) is 2.14. The first-order chi connectivity index (χ1) is 6.60. The van der Waals surface area contributed by atoms with Gasteiger partial charge in [0, 0.05) is 6.42 Å². The molecular formula is C10H18O4. The molecule has 0 aromatic carbocycles. The van der Waals surface area contributed by atoms with Crippen molar-refractivity contribution in [2.45, 2.75) is 52.6 Å². The lowest BCUT2D eigenvalue weighted by molar-refractivity contribution is -0.294. The smallest absolute Gasteiger partial charge is 0.299 e. The number of carbonyl (C=O) groups excluding carboxylic acids is 2. The minimum absolute atomic E-state index is 0.106. The van der Waals surface area contributed by atoms with Crippen LogP contribution < -0.4 is 0 Å². The molecule has 0 rings (SSSR count). The molecule has 0 heterocycles. The van der Waals surface area contributed by atoms with Gasteiger partial charge in [-0.25, -0.2) is 4.79 Å². The number of carbonyl (C=O) groups is 2. The maximum absolute atomic E-state index is 11.0. The SMILES string of the molecule is CCCC(=O)CC(=O)OOC(C)CC. The van der Waals surface area contributed by atoms with E-state index < -0.39 is 5.97 Å². The monoisotopic (exact) mass is 202 g/mol. The molecule has 82 valence electrons. The average molecular weight is 202 g/mol. The molecule has 0 fully saturated rings. The lowest BCUT2D eigenvalue weighted by atomic mass is 10.2. The van der Waals surface area contributed by atoms with Gasteiger partial charge >= 0.3 is 5.97 Å². The van der Waals surface area contributed by atoms with Gasteiger partial charge in [0.2, 0.25) is 0 Å². The van der Waals surface area contributed by atoms with Crippen molar-refractivity contribution in [3.8, 4) is 0 Å². The maximum Gasteiger partial charge on any atom is 0.349 e. The highest BCUT2D eigenvalue weighted by molar-refractivity contribution is 5.95. The van der Waals surface area contributed by atoms with Crippen LogP contribution in [-0.2, 0) is 19.4 Å². The predicted octanol–water partition coefficient (Wildman–Crippen LogP) is 2.02. The second kappa shape index (κ2) is 7.50. The zero-order chi connectivity index (χ0) is 11.0. The van der Waals surface area contributed by atoms with E-state index in [-0.39, 0.29) is 18.3 Å². The summed E-state index contributed by atoms with van der Waals surface area (Å²) < 4.78 is 0. The Hall–Kier alpha value is -0.900. The molecule has 0 aliphatic carbocycles. The van der Waals surface area contributed by atoms with Crippen molar-refractivity contribution in [2.75, 3.05) is 0 Å². The van der Waals surface area contributed by atoms with Crippen LogP contribution in [0, 0.1) is 0 Å². The number of Topliss-reactive ketones (excluding diaryl/α,β-unsaturated/α-hetero) is 1. The molecule has 0 spiro atoms. The van der Waals surface area contributed by atoms with Crippen molar-refractivity contribution in [3.63, 3.8) is 0 Å². The van der Waals surface area contributed by atoms with Crippen LogP contribution >= 0.6 is 0 Å². The van der Waals surface area contributed by atoms with Crippen molar-refractivity contribution >= 4 is 11.8 Å². The van der Waals surface area contributed by atoms with Crippen LogP contribution in [0.5, 0.6) is 0 Å². The molecular weight excluding hydrogens is 184 g/mol. The number of rotatable bonds is 7. The molecule has 0 amide bonds. The van der Waals surface area contributed by atoms with E-state index in [1.165, 1.54) is 0 Å². The highest BCUT2D eigenvalue weighted by atomic mass is 17.2. The fourth-order valence-corrected chi connectivity index (χ4v) is 0.762. The summed E-state index contributed by atoms with van der Waals surface area (Å²) in [7, 11) is 0. The molecule has 0 radical (unpaired) electrons. The second-order valence-electron chi connectivity index (χ2n) is 3.24. The summed E-state index contributed by atoms with van der Waals surface area (Å²) in [6.45, 7) is 5.60. The van der Waals surface area contributed by atoms with E-state index in [2.05, 4.69) is 4.89 Å². The number of hydrogen-bond acceptors (Lipinski definition) is 4. The van der Waals surface area contributed by atoms with Gasteiger partial charge < -0.3 is 0 Å². The van der Waals surface area contributed by atoms with E-state index >= 15 is 0 Å². The van der Waals surface area contributed by atoms with Gasteiger partial charge in [-0.3, -0.25) is 9.68 Å². The zero-order valence-corrected chi connectivity index (χ0v) is 9.04. The van der Waals surface area contributed by atoms with E-state index in [0.29, 0.717) is 6.42 Å². The Morgan fingerprint density at radius 2 is 1.93 bits per heavy atom. The van der Waals surface area contributed by atoms with E-state index in [0.717, 1.165) is 12.8 Å². The third-order valence-corrected chi connectivity index (χ3v) is 1.75. The molecule has 0 aliphatic rings. The third kappa shape index (κ3) is 6.60. The predicted molar refractivity (Wildman–Crippen MR) is 51.5 cm³/mol. The van der Waals surface area contributed by atoms with Crippen LogP contribution in [0.4, 0.5) is 0 Å². The van der Waals surface area contributed by atoms with Crippen molar-refractivity contribution in [1.82, 2.24) is 0 Å². The fraction of sp³-hybridized carbons (Fsp3) is 0.800. The summed E-state index contributed by atoms with van der Waals surface area (Å²) in [4.78, 5) is 31.2. The van der Waals surface area contributed by atoms with Crippen LogP contribution in [0.2, 0.25) is 0 Å². The van der Waals surface area contributed by atoms with Gasteiger partial charge in [0.15, 0.2) is 0 Å². The molecule has 0 aromatic rings. The molecule has 1 atom stereocenters. The molecule has 0 saturated carbocycles. The molecule has 4 heteroatoms. The largest absolute Gasteiger partial charge is 0.349 e. The molecule has 1 unspecified atom stereocenters. The first kappa shape index (κ1) is 13.1. The first-order valence-electron chi connectivity index (χ1n) is 4.98. The van der Waals surface area contributed by atoms with Crippen molar-refractivity contribution in [1.29, 1.82) is 0 Å². The normalized spacial score (nSPS) is 12.2. The highest BCUT2D eigenvalue weighted by Crippen LogP contribution is 2.00. The Kier molecular flexibility index (Phi) is 7.02. The summed E-state index contributed by atoms with van der Waals surface area (Å²) >= 11 is 0. The lowest BCUT2D eigenvalue weighted by Gasteiger charge is -2.07. The maximum atomic E-state index is 11.0. The Bertz CT molecular complexity index is 189. The van der Waals surface area contributed by atoms with Gasteiger partial charge in [0.1, 0.15) is 18.3 Å². The van der Waals surface area contributed by atoms with E-state index in [1.54, 1.807) is 6.92 Å². The number of ketones is 1. The van der Waals surface area contributed by atoms with E-state index in [1.807, 2.05) is 13.8 Å². The van der Waals surface area contributed by atoms with Gasteiger partial charge in [-0.2, -0.15) is 4.89 Å². The molecule has 0 bridgehead atoms. The van der Waals surface area contributed by atoms with E-state index in [4.69, 9.17) is 4.89 Å². The van der Waals surface area contributed by atoms with Gasteiger partial charge in [-0.15, -0.1) is 0 Å². The summed E-state index contributed by atoms with van der Waals surface area (Å²) in [5.41, 5.74) is 0. The summed E-state index contributed by atoms with van der Waals surface area (Å²) in [5.74, 6) is -0.714. The Morgan fingerprint density at radius 1 is 1.29 bits per heavy atom. The standard InChI is InChI=1S/C10H18O4/c1-4-6-9(11)7-10(12)14-13-8(3)5-2/h8H,4-7H2,1-3H3. The van der Waals surface area contributed by atoms with Crippen LogP contribution in [0.25, 0.3) is 0 Å². The molecule has 4 nitrogen and oxygen atoms in total. The van der Waals surface area contributed by atoms with Crippen molar-refractivity contribution in [2.24, 2.45) is 0 Å². The topological polar surface area (TPSA) is 52.6 Å². The van der Waals surface area contributed by atoms with Crippen molar-refractivity contribution in [3.05, 3.63) is 0 Å². The summed E-state index contributed by atoms with van der Waals surface area (Å²) in [6, 6.07) is 0.